The molecule has 0 saturated heterocycles. The van der Waals surface area contributed by atoms with Gasteiger partial charge in [0, 0.05) is 18.1 Å². The molecule has 0 saturated carbocycles. The highest BCUT2D eigenvalue weighted by atomic mass is 14.9. The summed E-state index contributed by atoms with van der Waals surface area (Å²) in [7, 11) is 0. The average molecular weight is 417 g/mol. The summed E-state index contributed by atoms with van der Waals surface area (Å²) in [6.07, 6.45) is 31.4. The quantitative estimate of drug-likeness (QED) is 0.139. The molecule has 174 valence electrons. The van der Waals surface area contributed by atoms with Crippen LogP contribution in [0.15, 0.2) is 24.5 Å². The Morgan fingerprint density at radius 3 is 1.87 bits per heavy atom. The number of nitrogens with zero attached hydrogens (tertiary/aromatic N) is 1. The number of aryl methyl sites for hydroxylation is 2. The highest BCUT2D eigenvalue weighted by Gasteiger charge is 2.11. The van der Waals surface area contributed by atoms with Crippen molar-refractivity contribution in [2.45, 2.75) is 149 Å². The predicted molar refractivity (Wildman–Crippen MR) is 134 cm³/mol. The van der Waals surface area contributed by atoms with E-state index in [4.69, 9.17) is 0 Å². The van der Waals surface area contributed by atoms with Crippen molar-refractivity contribution in [3.05, 3.63) is 30.1 Å². The summed E-state index contributed by atoms with van der Waals surface area (Å²) in [5.41, 5.74) is 1.52. The van der Waals surface area contributed by atoms with Crippen LogP contribution < -0.4 is 4.57 Å². The van der Waals surface area contributed by atoms with Crippen LogP contribution in [0.5, 0.6) is 0 Å². The van der Waals surface area contributed by atoms with Crippen molar-refractivity contribution >= 4 is 0 Å². The van der Waals surface area contributed by atoms with E-state index in [9.17, 15) is 0 Å². The normalized spacial score (nSPS) is 12.4. The van der Waals surface area contributed by atoms with Gasteiger partial charge >= 0.3 is 0 Å². The average Bonchev–Trinajstić information content (AvgIpc) is 2.76. The lowest BCUT2D eigenvalue weighted by Gasteiger charge is -2.16. The number of rotatable bonds is 21. The standard InChI is InChI=1S/C29H54N/c1-4-7-10-11-12-13-14-17-21-28(20-15-8-5-2)23-18-25-30-26-19-24-29(27-30)22-16-9-6-3/h19,24,26-28H,4-18,20-23,25H2,1-3H3/q+1. The first-order chi connectivity index (χ1) is 14.8. The Morgan fingerprint density at radius 2 is 1.17 bits per heavy atom. The number of pyridine rings is 1. The van der Waals surface area contributed by atoms with E-state index in [1.165, 1.54) is 134 Å². The number of hydrogen-bond donors (Lipinski definition) is 0. The lowest BCUT2D eigenvalue weighted by Crippen LogP contribution is -2.33. The van der Waals surface area contributed by atoms with Gasteiger partial charge in [-0.1, -0.05) is 117 Å². The van der Waals surface area contributed by atoms with E-state index < -0.39 is 0 Å². The number of aromatic nitrogens is 1. The fourth-order valence-electron chi connectivity index (χ4n) is 4.69. The van der Waals surface area contributed by atoms with Crippen LogP contribution in [0.3, 0.4) is 0 Å². The van der Waals surface area contributed by atoms with Gasteiger partial charge in [0.1, 0.15) is 6.54 Å². The van der Waals surface area contributed by atoms with E-state index in [-0.39, 0.29) is 0 Å². The Labute approximate surface area is 190 Å². The molecule has 1 aromatic rings. The minimum atomic E-state index is 0.963. The molecule has 0 N–H and O–H groups in total. The highest BCUT2D eigenvalue weighted by Crippen LogP contribution is 2.23. The maximum atomic E-state index is 2.45. The third kappa shape index (κ3) is 15.0. The Morgan fingerprint density at radius 1 is 0.633 bits per heavy atom. The molecule has 0 bridgehead atoms. The molecule has 1 heteroatoms. The molecule has 0 aliphatic heterocycles. The summed E-state index contributed by atoms with van der Waals surface area (Å²) in [5, 5.41) is 0. The molecule has 0 fully saturated rings. The van der Waals surface area contributed by atoms with Crippen LogP contribution in [0, 0.1) is 5.92 Å². The Bertz CT molecular complexity index is 481. The molecule has 0 radical (unpaired) electrons. The second-order valence-electron chi connectivity index (χ2n) is 9.67. The molecule has 0 aliphatic rings. The van der Waals surface area contributed by atoms with E-state index in [1.807, 2.05) is 0 Å². The van der Waals surface area contributed by atoms with Gasteiger partial charge in [0.2, 0.25) is 0 Å². The molecule has 1 aromatic heterocycles. The van der Waals surface area contributed by atoms with Crippen LogP contribution in [-0.4, -0.2) is 0 Å². The first kappa shape index (κ1) is 27.2. The summed E-state index contributed by atoms with van der Waals surface area (Å²) >= 11 is 0. The van der Waals surface area contributed by atoms with Gasteiger partial charge in [0.05, 0.1) is 0 Å². The van der Waals surface area contributed by atoms with Crippen molar-refractivity contribution in [2.24, 2.45) is 5.92 Å². The second-order valence-corrected chi connectivity index (χ2v) is 9.67. The molecule has 1 rings (SSSR count). The lowest BCUT2D eigenvalue weighted by molar-refractivity contribution is -0.697. The van der Waals surface area contributed by atoms with E-state index in [0.29, 0.717) is 0 Å². The van der Waals surface area contributed by atoms with E-state index >= 15 is 0 Å². The van der Waals surface area contributed by atoms with Crippen molar-refractivity contribution in [3.8, 4) is 0 Å². The van der Waals surface area contributed by atoms with Gasteiger partial charge in [-0.2, -0.15) is 0 Å². The van der Waals surface area contributed by atoms with Crippen LogP contribution >= 0.6 is 0 Å². The van der Waals surface area contributed by atoms with E-state index in [0.717, 1.165) is 5.92 Å². The molecule has 30 heavy (non-hydrogen) atoms. The number of hydrogen-bond acceptors (Lipinski definition) is 0. The van der Waals surface area contributed by atoms with Crippen LogP contribution in [-0.2, 0) is 13.0 Å². The zero-order valence-electron chi connectivity index (χ0n) is 21.0. The van der Waals surface area contributed by atoms with Crippen molar-refractivity contribution in [2.75, 3.05) is 0 Å². The minimum Gasteiger partial charge on any atom is -0.205 e. The van der Waals surface area contributed by atoms with E-state index in [1.54, 1.807) is 0 Å². The first-order valence-corrected chi connectivity index (χ1v) is 13.8. The molecular formula is C29H54N+. The molecule has 0 aliphatic carbocycles. The Kier molecular flexibility index (Phi) is 18.2. The minimum absolute atomic E-state index is 0.963. The summed E-state index contributed by atoms with van der Waals surface area (Å²) in [5.74, 6) is 0.963. The molecule has 0 aromatic carbocycles. The summed E-state index contributed by atoms with van der Waals surface area (Å²) < 4.78 is 2.45. The Hall–Kier alpha value is -0.850. The lowest BCUT2D eigenvalue weighted by atomic mass is 9.90. The molecule has 0 spiro atoms. The molecular weight excluding hydrogens is 362 g/mol. The van der Waals surface area contributed by atoms with Crippen LogP contribution in [0.4, 0.5) is 0 Å². The molecule has 1 unspecified atom stereocenters. The maximum absolute atomic E-state index is 2.45. The van der Waals surface area contributed by atoms with Gasteiger partial charge < -0.3 is 0 Å². The van der Waals surface area contributed by atoms with Crippen LogP contribution in [0.2, 0.25) is 0 Å². The van der Waals surface area contributed by atoms with Gasteiger partial charge in [0.15, 0.2) is 12.4 Å². The SMILES string of the molecule is CCCCCCCCCCC(CCCCC)CCC[n+]1cccc(CCCCC)c1. The van der Waals surface area contributed by atoms with Crippen molar-refractivity contribution in [1.82, 2.24) is 0 Å². The second kappa shape index (κ2) is 20.1. The topological polar surface area (TPSA) is 3.88 Å². The van der Waals surface area contributed by atoms with Crippen molar-refractivity contribution in [3.63, 3.8) is 0 Å². The molecule has 1 heterocycles. The largest absolute Gasteiger partial charge is 0.205 e. The molecule has 1 nitrogen and oxygen atoms in total. The van der Waals surface area contributed by atoms with Gasteiger partial charge in [-0.25, -0.2) is 4.57 Å². The smallest absolute Gasteiger partial charge is 0.171 e. The van der Waals surface area contributed by atoms with Crippen LogP contribution in [0.1, 0.15) is 142 Å². The van der Waals surface area contributed by atoms with E-state index in [2.05, 4.69) is 49.9 Å². The summed E-state index contributed by atoms with van der Waals surface area (Å²) in [6.45, 7) is 8.12. The van der Waals surface area contributed by atoms with Gasteiger partial charge in [-0.15, -0.1) is 0 Å². The maximum Gasteiger partial charge on any atom is 0.171 e. The van der Waals surface area contributed by atoms with Crippen LogP contribution in [0.25, 0.3) is 0 Å². The van der Waals surface area contributed by atoms with Gasteiger partial charge in [0.25, 0.3) is 0 Å². The van der Waals surface area contributed by atoms with Crippen molar-refractivity contribution in [1.29, 1.82) is 0 Å². The number of unbranched alkanes of at least 4 members (excludes halogenated alkanes) is 11. The van der Waals surface area contributed by atoms with Gasteiger partial charge in [-0.3, -0.25) is 0 Å². The zero-order valence-corrected chi connectivity index (χ0v) is 21.0. The fourth-order valence-corrected chi connectivity index (χ4v) is 4.69. The fraction of sp³-hybridized carbons (Fsp3) is 0.828. The van der Waals surface area contributed by atoms with Crippen molar-refractivity contribution < 1.29 is 4.57 Å². The highest BCUT2D eigenvalue weighted by molar-refractivity contribution is 5.05. The monoisotopic (exact) mass is 416 g/mol. The Balaban J connectivity index is 2.27. The zero-order chi connectivity index (χ0) is 21.7. The predicted octanol–water partition coefficient (Wildman–Crippen LogP) is 9.21. The van der Waals surface area contributed by atoms with Gasteiger partial charge in [-0.05, 0) is 31.2 Å². The third-order valence-corrected chi connectivity index (χ3v) is 6.70. The molecule has 1 atom stereocenters. The first-order valence-electron chi connectivity index (χ1n) is 13.8. The molecule has 0 amide bonds. The third-order valence-electron chi connectivity index (χ3n) is 6.70. The summed E-state index contributed by atoms with van der Waals surface area (Å²) in [4.78, 5) is 0. The summed E-state index contributed by atoms with van der Waals surface area (Å²) in [6, 6.07) is 4.56.